The van der Waals surface area contributed by atoms with Gasteiger partial charge in [0, 0.05) is 31.0 Å². The normalized spacial score (nSPS) is 17.8. The molecule has 0 amide bonds. The van der Waals surface area contributed by atoms with Gasteiger partial charge in [0.05, 0.1) is 0 Å². The first-order chi connectivity index (χ1) is 43.6. The van der Waals surface area contributed by atoms with Gasteiger partial charge in [-0.15, -0.1) is 0 Å². The van der Waals surface area contributed by atoms with E-state index in [1.807, 2.05) is 30.3 Å². The minimum atomic E-state index is 0. The van der Waals surface area contributed by atoms with Crippen LogP contribution >= 0.6 is 0 Å². The Morgan fingerprint density at radius 3 is 0.802 bits per heavy atom. The van der Waals surface area contributed by atoms with E-state index in [4.69, 9.17) is 0 Å². The monoisotopic (exact) mass is 1770 g/mol. The number of aromatic nitrogens is 10. The molecule has 0 spiro atoms. The summed E-state index contributed by atoms with van der Waals surface area (Å²) in [5, 5.41) is 40.4. The van der Waals surface area contributed by atoms with Crippen LogP contribution in [0.4, 0.5) is 29.1 Å². The Labute approximate surface area is 654 Å². The summed E-state index contributed by atoms with van der Waals surface area (Å²) in [5.74, 6) is 4.59. The maximum Gasteiger partial charge on any atom is 2.00 e. The number of rotatable bonds is 20. The third-order valence-electron chi connectivity index (χ3n) is 18.9. The molecular formula is C56H107B10N25Pd5. The second-order valence-corrected chi connectivity index (χ2v) is 25.3. The van der Waals surface area contributed by atoms with Crippen molar-refractivity contribution in [3.63, 3.8) is 0 Å². The fourth-order valence-corrected chi connectivity index (χ4v) is 12.7. The van der Waals surface area contributed by atoms with Gasteiger partial charge in [0.15, 0.2) is 34.9 Å². The standard InChI is InChI=1S/C13H25B2N5.C12H23B2N5.C11H21B2N5.2C10H19B2N5.5Pd/c1-5-6-7-8-11-20-14(2)18(4)12-19(15(20)3)13-9-10-16-17-13;1-5-6-7-10-19-13(2)17(4)11-18(14(19)3)12-8-9-15-16-12;1-5-6-9-18-12(2)16(4)10-17(13(18)3)11-7-8-14-15-11;1-9(2)17-11(3)15(5)8-16(12(17)4)10-6-7-13-14-10;1-5-8-17-11(2)15(4)9-16(12(17)3)10-6-7-13-14-10;;;;;/h9-10,12H,5-8,11H2,1-4H3;8-9,11H,5-7,10H2,1-4H3;7-8,10H,5-6,9H2,1-4H3;6-9H,1-5H3;6-7,9H,5,8H2,1-4H3;;;;;/q5*-2;5*+2. The summed E-state index contributed by atoms with van der Waals surface area (Å²) in [6, 6.07) is 10.2. The van der Waals surface area contributed by atoms with Crippen molar-refractivity contribution in [3.8, 4) is 0 Å². The molecule has 40 heteroatoms. The van der Waals surface area contributed by atoms with Crippen LogP contribution in [-0.2, 0) is 102 Å². The topological polar surface area (TPSA) is 184 Å². The van der Waals surface area contributed by atoms with E-state index in [2.05, 4.69) is 301 Å². The summed E-state index contributed by atoms with van der Waals surface area (Å²) in [4.78, 5) is 22.0. The molecule has 0 aromatic carbocycles. The molecule has 0 N–H and O–H groups in total. The zero-order valence-corrected chi connectivity index (χ0v) is 68.9. The molecule has 0 atom stereocenters. The van der Waals surface area contributed by atoms with E-state index >= 15 is 0 Å². The summed E-state index contributed by atoms with van der Waals surface area (Å²) in [5.41, 5.74) is 0. The third kappa shape index (κ3) is 25.2. The van der Waals surface area contributed by atoms with Gasteiger partial charge in [0.25, 0.3) is 34.9 Å². The number of nitrogens with zero attached hydrogens (tertiary/aromatic N) is 25. The van der Waals surface area contributed by atoms with E-state index < -0.39 is 0 Å². The molecule has 5 aliphatic rings. The van der Waals surface area contributed by atoms with Crippen molar-refractivity contribution in [3.05, 3.63) is 94.7 Å². The molecule has 25 nitrogen and oxygen atoms in total. The molecule has 10 rings (SSSR count). The summed E-state index contributed by atoms with van der Waals surface area (Å²) in [6.45, 7) is 54.5. The largest absolute Gasteiger partial charge is 2.00 e. The van der Waals surface area contributed by atoms with Crippen molar-refractivity contribution >= 4 is 98.9 Å². The average Bonchev–Trinajstić information content (AvgIpc) is 1.37. The molecule has 5 aromatic rings. The van der Waals surface area contributed by atoms with Crippen molar-refractivity contribution in [1.82, 2.24) is 98.7 Å². The van der Waals surface area contributed by atoms with Crippen LogP contribution in [0.15, 0.2) is 61.3 Å². The van der Waals surface area contributed by atoms with Crippen molar-refractivity contribution in [2.45, 2.75) is 180 Å². The van der Waals surface area contributed by atoms with E-state index in [1.165, 1.54) is 57.8 Å². The maximum absolute atomic E-state index is 4.19. The van der Waals surface area contributed by atoms with Crippen LogP contribution < -0.4 is 49.5 Å². The molecule has 0 bridgehead atoms. The van der Waals surface area contributed by atoms with Gasteiger partial charge in [-0.2, -0.15) is 0 Å². The van der Waals surface area contributed by atoms with Crippen LogP contribution in [0.2, 0.25) is 68.2 Å². The van der Waals surface area contributed by atoms with Gasteiger partial charge < -0.3 is 97.2 Å². The van der Waals surface area contributed by atoms with Crippen LogP contribution in [0.25, 0.3) is 0 Å². The van der Waals surface area contributed by atoms with Gasteiger partial charge in [0.1, 0.15) is 0 Å². The fraction of sp³-hybridized carbons (Fsp3) is 0.643. The minimum absolute atomic E-state index is 0. The van der Waals surface area contributed by atoms with Crippen LogP contribution in [-0.4, -0.2) is 210 Å². The molecule has 5 saturated heterocycles. The van der Waals surface area contributed by atoms with Gasteiger partial charge in [-0.25, -0.2) is 0 Å². The predicted octanol–water partition coefficient (Wildman–Crippen LogP) is 6.62. The molecule has 0 aliphatic carbocycles. The predicted molar refractivity (Wildman–Crippen MR) is 389 cm³/mol. The Bertz CT molecular complexity index is 2670. The van der Waals surface area contributed by atoms with Crippen LogP contribution in [0, 0.1) is 33.3 Å². The first-order valence-corrected chi connectivity index (χ1v) is 33.9. The van der Waals surface area contributed by atoms with Crippen molar-refractivity contribution in [2.75, 3.05) is 85.5 Å². The van der Waals surface area contributed by atoms with E-state index in [0.29, 0.717) is 68.9 Å². The van der Waals surface area contributed by atoms with Gasteiger partial charge in [-0.05, 0) is 88.2 Å². The van der Waals surface area contributed by atoms with Crippen molar-refractivity contribution in [2.24, 2.45) is 0 Å². The molecule has 96 heavy (non-hydrogen) atoms. The van der Waals surface area contributed by atoms with E-state index in [9.17, 15) is 0 Å². The van der Waals surface area contributed by atoms with Crippen LogP contribution in [0.5, 0.6) is 0 Å². The second-order valence-electron chi connectivity index (χ2n) is 25.3. The van der Waals surface area contributed by atoms with Gasteiger partial charge in [-0.1, -0.05) is 213 Å². The molecule has 0 saturated carbocycles. The Kier molecular flexibility index (Phi) is 45.4. The molecular weight excluding hydrogens is 1660 g/mol. The number of unbranched alkanes of at least 4 members (excludes halogenated alkanes) is 6. The number of hydrogen-bond acceptors (Lipinski definition) is 20. The molecule has 0 unspecified atom stereocenters. The SMILES string of the molecule is CB1N(C)[CH-]N(c2ccn[n-]2)B(C)N1C(C)C.CCCCCCN1B(C)N(C)[CH-]N(c2ccn[n-]2)B1C.CCCCCN1B(C)N(C)[CH-]N(c2ccn[n-]2)B1C.CCCCN1B(C)N(C)[CH-]N(c2ccn[n-]2)B1C.CCCN1B(C)N(C)[CH-]N(c2ccn[n-]2)B1C.[Pd+2].[Pd+2].[Pd+2].[Pd+2].[Pd+2]. The number of hydrogen-bond donors (Lipinski definition) is 0. The van der Waals surface area contributed by atoms with Gasteiger partial charge in [0.2, 0.25) is 0 Å². The first-order valence-electron chi connectivity index (χ1n) is 33.9. The Balaban J connectivity index is 0.000000593. The number of anilines is 5. The Morgan fingerprint density at radius 1 is 0.312 bits per heavy atom. The second kappa shape index (κ2) is 47.1. The molecule has 5 aromatic heterocycles. The molecule has 0 radical (unpaired) electrons. The summed E-state index contributed by atoms with van der Waals surface area (Å²) < 4.78 is 12.5. The van der Waals surface area contributed by atoms with Gasteiger partial charge in [-0.3, -0.25) is 58.8 Å². The maximum atomic E-state index is 4.19. The van der Waals surface area contributed by atoms with Crippen molar-refractivity contribution < 1.29 is 102 Å². The van der Waals surface area contributed by atoms with Crippen molar-refractivity contribution in [1.29, 1.82) is 0 Å². The Hall–Kier alpha value is -1.39. The summed E-state index contributed by atoms with van der Waals surface area (Å²) in [7, 11) is 10.5. The fourth-order valence-electron chi connectivity index (χ4n) is 12.7. The van der Waals surface area contributed by atoms with Crippen LogP contribution in [0.1, 0.15) is 106 Å². The summed E-state index contributed by atoms with van der Waals surface area (Å²) in [6.07, 6.45) is 21.3. The molecule has 5 aliphatic heterocycles. The quantitative estimate of drug-likeness (QED) is 0.0460. The zero-order valence-electron chi connectivity index (χ0n) is 61.2. The summed E-state index contributed by atoms with van der Waals surface area (Å²) >= 11 is 0. The Morgan fingerprint density at radius 2 is 0.552 bits per heavy atom. The molecule has 536 valence electrons. The molecule has 5 fully saturated rings. The van der Waals surface area contributed by atoms with E-state index in [-0.39, 0.29) is 109 Å². The minimum Gasteiger partial charge on any atom is -0.619 e. The van der Waals surface area contributed by atoms with E-state index in [1.54, 1.807) is 31.0 Å². The molecule has 10 heterocycles. The van der Waals surface area contributed by atoms with Crippen LogP contribution in [0.3, 0.4) is 0 Å². The smallest absolute Gasteiger partial charge is 0.619 e. The average molecular weight is 1770 g/mol. The zero-order chi connectivity index (χ0) is 66.5. The first kappa shape index (κ1) is 92.6. The van der Waals surface area contributed by atoms with Gasteiger partial charge >= 0.3 is 102 Å². The third-order valence-corrected chi connectivity index (χ3v) is 18.9. The van der Waals surface area contributed by atoms with E-state index in [0.717, 1.165) is 61.7 Å².